The van der Waals surface area contributed by atoms with Gasteiger partial charge in [0.25, 0.3) is 0 Å². The minimum atomic E-state index is -0.239. The highest BCUT2D eigenvalue weighted by atomic mass is 35.5. The highest BCUT2D eigenvalue weighted by Gasteiger charge is 2.14. The van der Waals surface area contributed by atoms with Crippen LogP contribution in [-0.4, -0.2) is 22.5 Å². The number of carbonyl (C=O) groups excluding carboxylic acids is 1. The molecule has 7 heteroatoms. The molecule has 1 aromatic carbocycles. The van der Waals surface area contributed by atoms with E-state index in [2.05, 4.69) is 20.6 Å². The predicted molar refractivity (Wildman–Crippen MR) is 76.7 cm³/mol. The van der Waals surface area contributed by atoms with E-state index in [9.17, 15) is 4.79 Å². The molecular formula is C12H14Cl2N4O. The van der Waals surface area contributed by atoms with Crippen LogP contribution in [0.4, 0.5) is 4.79 Å². The number of carbonyl (C=O) groups is 1. The van der Waals surface area contributed by atoms with Crippen LogP contribution < -0.4 is 10.6 Å². The Morgan fingerprint density at radius 2 is 2.11 bits per heavy atom. The fourth-order valence-electron chi connectivity index (χ4n) is 1.71. The summed E-state index contributed by atoms with van der Waals surface area (Å²) in [5, 5.41) is 6.36. The van der Waals surface area contributed by atoms with Gasteiger partial charge in [-0.1, -0.05) is 23.2 Å². The molecule has 0 spiro atoms. The Morgan fingerprint density at radius 3 is 2.79 bits per heavy atom. The maximum absolute atomic E-state index is 11.4. The van der Waals surface area contributed by atoms with E-state index >= 15 is 0 Å². The number of benzene rings is 1. The normalized spacial score (nSPS) is 12.4. The Kier molecular flexibility index (Phi) is 4.17. The molecule has 1 unspecified atom stereocenters. The van der Waals surface area contributed by atoms with Gasteiger partial charge in [0.15, 0.2) is 0 Å². The highest BCUT2D eigenvalue weighted by molar-refractivity contribution is 6.42. The van der Waals surface area contributed by atoms with Crippen molar-refractivity contribution in [2.75, 3.05) is 6.54 Å². The second kappa shape index (κ2) is 5.67. The predicted octanol–water partition coefficient (Wildman–Crippen LogP) is 3.25. The van der Waals surface area contributed by atoms with Gasteiger partial charge < -0.3 is 15.6 Å². The minimum Gasteiger partial charge on any atom is -0.340 e. The molecule has 3 N–H and O–H groups in total. The smallest absolute Gasteiger partial charge is 0.315 e. The molecule has 102 valence electrons. The lowest BCUT2D eigenvalue weighted by atomic mass is 10.3. The zero-order chi connectivity index (χ0) is 14.0. The van der Waals surface area contributed by atoms with E-state index in [1.807, 2.05) is 13.8 Å². The van der Waals surface area contributed by atoms with Crippen LogP contribution in [0.5, 0.6) is 0 Å². The molecule has 1 heterocycles. The van der Waals surface area contributed by atoms with Crippen LogP contribution in [0.1, 0.15) is 25.7 Å². The molecular weight excluding hydrogens is 287 g/mol. The number of rotatable bonds is 3. The average Bonchev–Trinajstić information content (AvgIpc) is 2.73. The first-order valence-corrected chi connectivity index (χ1v) is 6.66. The average molecular weight is 301 g/mol. The lowest BCUT2D eigenvalue weighted by Crippen LogP contribution is -2.37. The standard InChI is InChI=1S/C12H14Cl2N4O/c1-3-15-12(19)16-6(2)11-17-9-4-7(13)8(14)5-10(9)18-11/h4-6H,3H2,1-2H3,(H,17,18)(H2,15,16,19). The van der Waals surface area contributed by atoms with Gasteiger partial charge in [0, 0.05) is 6.54 Å². The Balaban J connectivity index is 2.23. The zero-order valence-corrected chi connectivity index (χ0v) is 12.1. The molecule has 0 fully saturated rings. The van der Waals surface area contributed by atoms with Crippen LogP contribution >= 0.6 is 23.2 Å². The molecule has 19 heavy (non-hydrogen) atoms. The highest BCUT2D eigenvalue weighted by Crippen LogP contribution is 2.27. The molecule has 0 aliphatic heterocycles. The van der Waals surface area contributed by atoms with Crippen molar-refractivity contribution in [2.45, 2.75) is 19.9 Å². The second-order valence-corrected chi connectivity index (χ2v) is 4.95. The van der Waals surface area contributed by atoms with E-state index in [1.54, 1.807) is 12.1 Å². The summed E-state index contributed by atoms with van der Waals surface area (Å²) < 4.78 is 0. The Morgan fingerprint density at radius 1 is 1.42 bits per heavy atom. The van der Waals surface area contributed by atoms with E-state index < -0.39 is 0 Å². The summed E-state index contributed by atoms with van der Waals surface area (Å²) in [4.78, 5) is 18.9. The Bertz CT molecular complexity index is 572. The number of hydrogen-bond donors (Lipinski definition) is 3. The molecule has 1 aromatic heterocycles. The fraction of sp³-hybridized carbons (Fsp3) is 0.333. The lowest BCUT2D eigenvalue weighted by Gasteiger charge is -2.11. The van der Waals surface area contributed by atoms with Gasteiger partial charge in [0.2, 0.25) is 0 Å². The van der Waals surface area contributed by atoms with Gasteiger partial charge in [-0.3, -0.25) is 0 Å². The van der Waals surface area contributed by atoms with Crippen LogP contribution in [0, 0.1) is 0 Å². The van der Waals surface area contributed by atoms with Gasteiger partial charge in [-0.05, 0) is 26.0 Å². The summed E-state index contributed by atoms with van der Waals surface area (Å²) in [5.41, 5.74) is 1.50. The van der Waals surface area contributed by atoms with E-state index in [-0.39, 0.29) is 12.1 Å². The lowest BCUT2D eigenvalue weighted by molar-refractivity contribution is 0.238. The van der Waals surface area contributed by atoms with Crippen LogP contribution in [0.2, 0.25) is 10.0 Å². The van der Waals surface area contributed by atoms with Crippen molar-refractivity contribution in [2.24, 2.45) is 0 Å². The quantitative estimate of drug-likeness (QED) is 0.814. The van der Waals surface area contributed by atoms with Crippen molar-refractivity contribution in [3.8, 4) is 0 Å². The van der Waals surface area contributed by atoms with Gasteiger partial charge in [0.1, 0.15) is 5.82 Å². The number of urea groups is 1. The van der Waals surface area contributed by atoms with E-state index in [0.717, 1.165) is 5.52 Å². The molecule has 0 aliphatic rings. The molecule has 0 saturated carbocycles. The molecule has 1 atom stereocenters. The third-order valence-electron chi connectivity index (χ3n) is 2.64. The summed E-state index contributed by atoms with van der Waals surface area (Å²) in [5.74, 6) is 0.652. The van der Waals surface area contributed by atoms with Crippen LogP contribution in [0.15, 0.2) is 12.1 Å². The molecule has 0 saturated heterocycles. The SMILES string of the molecule is CCNC(=O)NC(C)c1nc2cc(Cl)c(Cl)cc2[nH]1. The topological polar surface area (TPSA) is 69.8 Å². The summed E-state index contributed by atoms with van der Waals surface area (Å²) in [6.45, 7) is 4.27. The van der Waals surface area contributed by atoms with Gasteiger partial charge in [0.05, 0.1) is 27.1 Å². The van der Waals surface area contributed by atoms with Crippen molar-refractivity contribution < 1.29 is 4.79 Å². The number of hydrogen-bond acceptors (Lipinski definition) is 2. The molecule has 2 aromatic rings. The van der Waals surface area contributed by atoms with Crippen molar-refractivity contribution in [1.82, 2.24) is 20.6 Å². The first-order valence-electron chi connectivity index (χ1n) is 5.90. The number of aromatic amines is 1. The first-order chi connectivity index (χ1) is 9.01. The van der Waals surface area contributed by atoms with Gasteiger partial charge in [-0.25, -0.2) is 9.78 Å². The summed E-state index contributed by atoms with van der Waals surface area (Å²) in [7, 11) is 0. The van der Waals surface area contributed by atoms with E-state index in [4.69, 9.17) is 23.2 Å². The third kappa shape index (κ3) is 3.11. The van der Waals surface area contributed by atoms with Gasteiger partial charge >= 0.3 is 6.03 Å². The number of halogens is 2. The molecule has 0 aliphatic carbocycles. The monoisotopic (exact) mass is 300 g/mol. The van der Waals surface area contributed by atoms with Crippen molar-refractivity contribution >= 4 is 40.3 Å². The molecule has 0 radical (unpaired) electrons. The fourth-order valence-corrected chi connectivity index (χ4v) is 2.03. The Hall–Kier alpha value is -1.46. The first kappa shape index (κ1) is 14.0. The maximum atomic E-state index is 11.4. The third-order valence-corrected chi connectivity index (χ3v) is 3.36. The minimum absolute atomic E-state index is 0.230. The molecule has 2 rings (SSSR count). The number of amides is 2. The number of fused-ring (bicyclic) bond motifs is 1. The summed E-state index contributed by atoms with van der Waals surface area (Å²) in [6, 6.07) is 2.94. The van der Waals surface area contributed by atoms with Crippen molar-refractivity contribution in [3.05, 3.63) is 28.0 Å². The number of H-pyrrole nitrogens is 1. The van der Waals surface area contributed by atoms with Crippen LogP contribution in [0.25, 0.3) is 11.0 Å². The Labute approximate surface area is 120 Å². The number of nitrogens with zero attached hydrogens (tertiary/aromatic N) is 1. The van der Waals surface area contributed by atoms with E-state index in [1.165, 1.54) is 0 Å². The van der Waals surface area contributed by atoms with E-state index in [0.29, 0.717) is 27.9 Å². The number of aromatic nitrogens is 2. The largest absolute Gasteiger partial charge is 0.340 e. The van der Waals surface area contributed by atoms with Crippen molar-refractivity contribution in [3.63, 3.8) is 0 Å². The number of nitrogens with one attached hydrogen (secondary N) is 3. The maximum Gasteiger partial charge on any atom is 0.315 e. The second-order valence-electron chi connectivity index (χ2n) is 4.13. The summed E-state index contributed by atoms with van der Waals surface area (Å²) >= 11 is 11.9. The van der Waals surface area contributed by atoms with Crippen LogP contribution in [-0.2, 0) is 0 Å². The van der Waals surface area contributed by atoms with Gasteiger partial charge in [-0.15, -0.1) is 0 Å². The molecule has 5 nitrogen and oxygen atoms in total. The van der Waals surface area contributed by atoms with Crippen molar-refractivity contribution in [1.29, 1.82) is 0 Å². The number of imidazole rings is 1. The van der Waals surface area contributed by atoms with Gasteiger partial charge in [-0.2, -0.15) is 0 Å². The zero-order valence-electron chi connectivity index (χ0n) is 10.6. The summed E-state index contributed by atoms with van der Waals surface area (Å²) in [6.07, 6.45) is 0. The molecule has 0 bridgehead atoms. The van der Waals surface area contributed by atoms with Crippen LogP contribution in [0.3, 0.4) is 0 Å². The molecule has 2 amide bonds.